The SMILES string of the molecule is CCC(C)c1ccc(NC(N)=NCCN2CCCN(C)CC2)cc1. The van der Waals surface area contributed by atoms with Crippen LogP contribution in [-0.2, 0) is 0 Å². The number of guanidine groups is 1. The lowest BCUT2D eigenvalue weighted by molar-refractivity contribution is 0.283. The molecule has 3 N–H and O–H groups in total. The molecular weight excluding hydrogens is 298 g/mol. The zero-order valence-corrected chi connectivity index (χ0v) is 15.5. The van der Waals surface area contributed by atoms with Gasteiger partial charge in [0.05, 0.1) is 6.54 Å². The molecule has 1 aliphatic heterocycles. The Morgan fingerprint density at radius 1 is 1.21 bits per heavy atom. The van der Waals surface area contributed by atoms with Crippen LogP contribution in [-0.4, -0.2) is 62.1 Å². The van der Waals surface area contributed by atoms with Gasteiger partial charge >= 0.3 is 0 Å². The normalized spacial score (nSPS) is 19.0. The fraction of sp³-hybridized carbons (Fsp3) is 0.632. The van der Waals surface area contributed by atoms with E-state index in [9.17, 15) is 0 Å². The van der Waals surface area contributed by atoms with Crippen LogP contribution in [0.3, 0.4) is 0 Å². The topological polar surface area (TPSA) is 56.9 Å². The molecule has 0 radical (unpaired) electrons. The summed E-state index contributed by atoms with van der Waals surface area (Å²) in [5.41, 5.74) is 8.38. The van der Waals surface area contributed by atoms with E-state index in [4.69, 9.17) is 5.73 Å². The molecule has 1 atom stereocenters. The van der Waals surface area contributed by atoms with Crippen molar-refractivity contribution in [3.63, 3.8) is 0 Å². The number of nitrogens with two attached hydrogens (primary N) is 1. The van der Waals surface area contributed by atoms with Crippen LogP contribution in [0.1, 0.15) is 38.2 Å². The van der Waals surface area contributed by atoms with Crippen molar-refractivity contribution in [2.75, 3.05) is 51.6 Å². The molecule has 1 aliphatic rings. The van der Waals surface area contributed by atoms with Gasteiger partial charge in [-0.05, 0) is 56.6 Å². The number of hydrogen-bond acceptors (Lipinski definition) is 3. The molecule has 2 rings (SSSR count). The van der Waals surface area contributed by atoms with Crippen molar-refractivity contribution in [2.24, 2.45) is 10.7 Å². The molecule has 0 aromatic heterocycles. The number of likely N-dealkylation sites (N-methyl/N-ethyl adjacent to an activating group) is 1. The number of anilines is 1. The molecule has 0 saturated carbocycles. The molecule has 1 aromatic rings. The van der Waals surface area contributed by atoms with Crippen LogP contribution in [0.25, 0.3) is 0 Å². The number of rotatable bonds is 6. The maximum absolute atomic E-state index is 6.01. The van der Waals surface area contributed by atoms with Gasteiger partial charge in [-0.15, -0.1) is 0 Å². The molecule has 0 aliphatic carbocycles. The first-order valence-electron chi connectivity index (χ1n) is 9.16. The lowest BCUT2D eigenvalue weighted by Gasteiger charge is -2.18. The van der Waals surface area contributed by atoms with Crippen LogP contribution >= 0.6 is 0 Å². The van der Waals surface area contributed by atoms with Crippen LogP contribution < -0.4 is 11.1 Å². The van der Waals surface area contributed by atoms with Crippen molar-refractivity contribution in [3.05, 3.63) is 29.8 Å². The second-order valence-corrected chi connectivity index (χ2v) is 6.82. The van der Waals surface area contributed by atoms with Crippen LogP contribution in [0.15, 0.2) is 29.3 Å². The van der Waals surface area contributed by atoms with Crippen molar-refractivity contribution in [1.82, 2.24) is 9.80 Å². The van der Waals surface area contributed by atoms with Gasteiger partial charge in [0.1, 0.15) is 0 Å². The number of benzene rings is 1. The third-order valence-electron chi connectivity index (χ3n) is 4.87. The first-order chi connectivity index (χ1) is 11.6. The minimum Gasteiger partial charge on any atom is -0.370 e. The van der Waals surface area contributed by atoms with E-state index in [2.05, 4.69) is 65.3 Å². The first kappa shape index (κ1) is 18.7. The Kier molecular flexibility index (Phi) is 7.53. The Morgan fingerprint density at radius 2 is 1.96 bits per heavy atom. The molecule has 24 heavy (non-hydrogen) atoms. The molecule has 0 amide bonds. The minimum absolute atomic E-state index is 0.498. The quantitative estimate of drug-likeness (QED) is 0.621. The van der Waals surface area contributed by atoms with E-state index in [0.717, 1.165) is 44.8 Å². The van der Waals surface area contributed by atoms with Crippen molar-refractivity contribution < 1.29 is 0 Å². The summed E-state index contributed by atoms with van der Waals surface area (Å²) in [6, 6.07) is 8.48. The molecule has 0 bridgehead atoms. The van der Waals surface area contributed by atoms with E-state index < -0.39 is 0 Å². The average Bonchev–Trinajstić information content (AvgIpc) is 2.79. The molecule has 1 heterocycles. The monoisotopic (exact) mass is 331 g/mol. The van der Waals surface area contributed by atoms with Gasteiger partial charge in [0, 0.05) is 25.3 Å². The fourth-order valence-electron chi connectivity index (χ4n) is 2.95. The predicted molar refractivity (Wildman–Crippen MR) is 104 cm³/mol. The maximum atomic E-state index is 6.01. The predicted octanol–water partition coefficient (Wildman–Crippen LogP) is 2.56. The van der Waals surface area contributed by atoms with Crippen molar-refractivity contribution >= 4 is 11.6 Å². The average molecular weight is 332 g/mol. The summed E-state index contributed by atoms with van der Waals surface area (Å²) in [6.07, 6.45) is 2.39. The number of nitrogens with zero attached hydrogens (tertiary/aromatic N) is 3. The summed E-state index contributed by atoms with van der Waals surface area (Å²) < 4.78 is 0. The van der Waals surface area contributed by atoms with Crippen molar-refractivity contribution in [3.8, 4) is 0 Å². The maximum Gasteiger partial charge on any atom is 0.193 e. The van der Waals surface area contributed by atoms with Gasteiger partial charge < -0.3 is 20.9 Å². The molecule has 1 unspecified atom stereocenters. The van der Waals surface area contributed by atoms with Crippen LogP contribution in [0, 0.1) is 0 Å². The summed E-state index contributed by atoms with van der Waals surface area (Å²) in [6.45, 7) is 10.8. The summed E-state index contributed by atoms with van der Waals surface area (Å²) in [4.78, 5) is 9.33. The standard InChI is InChI=1S/C19H33N5/c1-4-16(2)17-6-8-18(9-7-17)22-19(20)21-10-13-24-12-5-11-23(3)14-15-24/h6-9,16H,4-5,10-15H2,1-3H3,(H3,20,21,22). The lowest BCUT2D eigenvalue weighted by atomic mass is 9.99. The zero-order chi connectivity index (χ0) is 17.4. The Hall–Kier alpha value is -1.59. The minimum atomic E-state index is 0.498. The second kappa shape index (κ2) is 9.64. The van der Waals surface area contributed by atoms with Crippen LogP contribution in [0.5, 0.6) is 0 Å². The molecule has 5 heteroatoms. The molecule has 1 fully saturated rings. The van der Waals surface area contributed by atoms with Gasteiger partial charge in [0.15, 0.2) is 5.96 Å². The summed E-state index contributed by atoms with van der Waals surface area (Å²) in [5, 5.41) is 3.18. The molecule has 5 nitrogen and oxygen atoms in total. The first-order valence-corrected chi connectivity index (χ1v) is 9.16. The largest absolute Gasteiger partial charge is 0.370 e. The van der Waals surface area contributed by atoms with E-state index in [1.165, 1.54) is 18.5 Å². The number of nitrogens with one attached hydrogen (secondary N) is 1. The summed E-state index contributed by atoms with van der Waals surface area (Å²) in [7, 11) is 2.19. The zero-order valence-electron chi connectivity index (χ0n) is 15.5. The Labute approximate surface area is 146 Å². The van der Waals surface area contributed by atoms with E-state index in [1.54, 1.807) is 0 Å². The highest BCUT2D eigenvalue weighted by atomic mass is 15.2. The van der Waals surface area contributed by atoms with E-state index in [1.807, 2.05) is 0 Å². The summed E-state index contributed by atoms with van der Waals surface area (Å²) >= 11 is 0. The van der Waals surface area contributed by atoms with Crippen molar-refractivity contribution in [2.45, 2.75) is 32.6 Å². The molecule has 1 aromatic carbocycles. The Bertz CT molecular complexity index is 511. The number of hydrogen-bond donors (Lipinski definition) is 2. The molecular formula is C19H33N5. The highest BCUT2D eigenvalue weighted by Crippen LogP contribution is 2.20. The Morgan fingerprint density at radius 3 is 2.67 bits per heavy atom. The molecule has 1 saturated heterocycles. The Balaban J connectivity index is 1.77. The molecule has 134 valence electrons. The van der Waals surface area contributed by atoms with E-state index in [0.29, 0.717) is 11.9 Å². The molecule has 0 spiro atoms. The van der Waals surface area contributed by atoms with E-state index >= 15 is 0 Å². The van der Waals surface area contributed by atoms with Gasteiger partial charge in [-0.2, -0.15) is 0 Å². The fourth-order valence-corrected chi connectivity index (χ4v) is 2.95. The third kappa shape index (κ3) is 6.13. The lowest BCUT2D eigenvalue weighted by Crippen LogP contribution is -2.32. The highest BCUT2D eigenvalue weighted by molar-refractivity contribution is 5.92. The third-order valence-corrected chi connectivity index (χ3v) is 4.87. The van der Waals surface area contributed by atoms with Crippen LogP contribution in [0.4, 0.5) is 5.69 Å². The van der Waals surface area contributed by atoms with Gasteiger partial charge in [-0.1, -0.05) is 26.0 Å². The van der Waals surface area contributed by atoms with Gasteiger partial charge in [-0.3, -0.25) is 4.99 Å². The summed E-state index contributed by atoms with van der Waals surface area (Å²) in [5.74, 6) is 1.09. The van der Waals surface area contributed by atoms with Gasteiger partial charge in [0.25, 0.3) is 0 Å². The van der Waals surface area contributed by atoms with Gasteiger partial charge in [-0.25, -0.2) is 0 Å². The smallest absolute Gasteiger partial charge is 0.193 e. The van der Waals surface area contributed by atoms with E-state index in [-0.39, 0.29) is 0 Å². The van der Waals surface area contributed by atoms with Crippen LogP contribution in [0.2, 0.25) is 0 Å². The van der Waals surface area contributed by atoms with Gasteiger partial charge in [0.2, 0.25) is 0 Å². The second-order valence-electron chi connectivity index (χ2n) is 6.82. The highest BCUT2D eigenvalue weighted by Gasteiger charge is 2.11. The van der Waals surface area contributed by atoms with Crippen molar-refractivity contribution in [1.29, 1.82) is 0 Å². The number of aliphatic imine (C=N–C) groups is 1.